The molecule has 0 saturated heterocycles. The van der Waals surface area contributed by atoms with E-state index in [0.717, 1.165) is 4.90 Å². The molecule has 170 valence electrons. The molecule has 0 fully saturated rings. The average molecular weight is 508 g/mol. The van der Waals surface area contributed by atoms with Crippen molar-refractivity contribution in [3.63, 3.8) is 0 Å². The Kier molecular flexibility index (Phi) is 6.28. The molecule has 0 aliphatic rings. The van der Waals surface area contributed by atoms with Crippen LogP contribution in [0.1, 0.15) is 41.0 Å². The van der Waals surface area contributed by atoms with Gasteiger partial charge in [-0.05, 0) is 68.7 Å². The number of carboxylic acid groups (broad SMARTS) is 1. The lowest BCUT2D eigenvalue weighted by molar-refractivity contribution is -0.155. The number of rotatable bonds is 5. The number of para-hydroxylation sites is 1. The zero-order valence-corrected chi connectivity index (χ0v) is 19.9. The molecule has 3 rings (SSSR count). The van der Waals surface area contributed by atoms with E-state index in [2.05, 4.69) is 25.9 Å². The summed E-state index contributed by atoms with van der Waals surface area (Å²) in [4.78, 5) is 34.2. The lowest BCUT2D eigenvalue weighted by atomic mass is 9.97. The van der Waals surface area contributed by atoms with Gasteiger partial charge in [-0.2, -0.15) is 0 Å². The van der Waals surface area contributed by atoms with Crippen molar-refractivity contribution in [2.75, 3.05) is 4.90 Å². The Bertz CT molecular complexity index is 1190. The third-order valence-electron chi connectivity index (χ3n) is 4.44. The summed E-state index contributed by atoms with van der Waals surface area (Å²) in [6.45, 7) is 8.36. The molecular weight excluding hydrogens is 485 g/mol. The molecule has 32 heavy (non-hydrogen) atoms. The summed E-state index contributed by atoms with van der Waals surface area (Å²) in [6.07, 6.45) is -0.144. The Morgan fingerprint density at radius 2 is 1.94 bits per heavy atom. The van der Waals surface area contributed by atoms with Crippen LogP contribution in [0.15, 0.2) is 39.4 Å². The van der Waals surface area contributed by atoms with Crippen LogP contribution in [-0.4, -0.2) is 38.3 Å². The fourth-order valence-corrected chi connectivity index (χ4v) is 3.58. The maximum atomic E-state index is 14.1. The van der Waals surface area contributed by atoms with Crippen LogP contribution in [0.5, 0.6) is 0 Å². The molecule has 0 radical (unpaired) electrons. The van der Waals surface area contributed by atoms with E-state index in [4.69, 9.17) is 9.15 Å². The summed E-state index contributed by atoms with van der Waals surface area (Å²) in [5.74, 6) is -1.15. The second kappa shape index (κ2) is 8.50. The molecule has 0 bridgehead atoms. The number of hydrogen-bond acceptors (Lipinski definition) is 6. The third kappa shape index (κ3) is 5.07. The number of aromatic nitrogens is 2. The van der Waals surface area contributed by atoms with Crippen LogP contribution in [0.4, 0.5) is 15.0 Å². The quantitative estimate of drug-likeness (QED) is 0.435. The van der Waals surface area contributed by atoms with E-state index >= 15 is 0 Å². The Morgan fingerprint density at radius 1 is 1.25 bits per heavy atom. The Hall–Kier alpha value is -3.01. The fraction of sp³-hybridized carbons (Fsp3) is 0.364. The SMILES string of the molecule is CC(C)(C)OC(=O)CC(C)(C)N(C(=O)O)c1ncc(Br)cc1-c1nc2c(F)cccc2o1. The first-order chi connectivity index (χ1) is 14.8. The van der Waals surface area contributed by atoms with E-state index in [0.29, 0.717) is 4.47 Å². The van der Waals surface area contributed by atoms with Gasteiger partial charge in [0.1, 0.15) is 11.1 Å². The monoisotopic (exact) mass is 507 g/mol. The number of amides is 1. The summed E-state index contributed by atoms with van der Waals surface area (Å²) in [7, 11) is 0. The first-order valence-corrected chi connectivity index (χ1v) is 10.5. The first kappa shape index (κ1) is 23.6. The van der Waals surface area contributed by atoms with Gasteiger partial charge in [0.05, 0.1) is 17.5 Å². The minimum Gasteiger partial charge on any atom is -0.465 e. The summed E-state index contributed by atoms with van der Waals surface area (Å²) < 4.78 is 25.7. The Balaban J connectivity index is 2.10. The maximum Gasteiger partial charge on any atom is 0.413 e. The number of ether oxygens (including phenoxy) is 1. The van der Waals surface area contributed by atoms with E-state index in [9.17, 15) is 19.1 Å². The van der Waals surface area contributed by atoms with Crippen LogP contribution >= 0.6 is 15.9 Å². The predicted octanol–water partition coefficient (Wildman–Crippen LogP) is 5.79. The number of anilines is 1. The van der Waals surface area contributed by atoms with Crippen molar-refractivity contribution in [3.8, 4) is 11.5 Å². The maximum absolute atomic E-state index is 14.1. The molecule has 0 unspecified atom stereocenters. The standard InChI is InChI=1S/C22H23BrFN3O5/c1-21(2,3)32-16(28)10-22(4,5)27(20(29)30)18-13(9-12(23)11-25-18)19-26-17-14(24)7-6-8-15(17)31-19/h6-9,11H,10H2,1-5H3,(H,29,30). The highest BCUT2D eigenvalue weighted by Crippen LogP contribution is 2.37. The largest absolute Gasteiger partial charge is 0.465 e. The lowest BCUT2D eigenvalue weighted by Crippen LogP contribution is -2.50. The van der Waals surface area contributed by atoms with Gasteiger partial charge in [-0.3, -0.25) is 9.69 Å². The molecule has 0 atom stereocenters. The van der Waals surface area contributed by atoms with Crippen molar-refractivity contribution in [3.05, 3.63) is 40.8 Å². The molecule has 0 aliphatic carbocycles. The minimum absolute atomic E-state index is 0.00628. The second-order valence-electron chi connectivity index (χ2n) is 8.82. The summed E-state index contributed by atoms with van der Waals surface area (Å²) in [5.41, 5.74) is -1.51. The number of hydrogen-bond donors (Lipinski definition) is 1. The highest BCUT2D eigenvalue weighted by atomic mass is 79.9. The topological polar surface area (TPSA) is 106 Å². The first-order valence-electron chi connectivity index (χ1n) is 9.74. The Labute approximate surface area is 192 Å². The predicted molar refractivity (Wildman–Crippen MR) is 120 cm³/mol. The molecular formula is C22H23BrFN3O5. The van der Waals surface area contributed by atoms with Gasteiger partial charge in [0.15, 0.2) is 17.2 Å². The van der Waals surface area contributed by atoms with Gasteiger partial charge in [-0.15, -0.1) is 0 Å². The van der Waals surface area contributed by atoms with Crippen LogP contribution in [-0.2, 0) is 9.53 Å². The minimum atomic E-state index is -1.34. The molecule has 2 aromatic heterocycles. The molecule has 0 saturated carbocycles. The number of fused-ring (bicyclic) bond motifs is 1. The van der Waals surface area contributed by atoms with Gasteiger partial charge in [0.25, 0.3) is 0 Å². The smallest absolute Gasteiger partial charge is 0.413 e. The molecule has 3 aromatic rings. The van der Waals surface area contributed by atoms with Crippen molar-refractivity contribution in [2.45, 2.75) is 52.2 Å². The number of nitrogens with zero attached hydrogens (tertiary/aromatic N) is 3. The molecule has 1 amide bonds. The molecule has 8 nitrogen and oxygen atoms in total. The highest BCUT2D eigenvalue weighted by molar-refractivity contribution is 9.10. The van der Waals surface area contributed by atoms with Crippen molar-refractivity contribution in [1.29, 1.82) is 0 Å². The molecule has 2 heterocycles. The molecule has 10 heteroatoms. The number of oxazole rings is 1. The number of esters is 1. The normalized spacial score (nSPS) is 12.1. The van der Waals surface area contributed by atoms with E-state index in [1.165, 1.54) is 18.3 Å². The van der Waals surface area contributed by atoms with Crippen LogP contribution in [0.2, 0.25) is 0 Å². The average Bonchev–Trinajstić information content (AvgIpc) is 3.06. The Morgan fingerprint density at radius 3 is 2.53 bits per heavy atom. The van der Waals surface area contributed by atoms with E-state index in [1.807, 2.05) is 0 Å². The highest BCUT2D eigenvalue weighted by Gasteiger charge is 2.39. The van der Waals surface area contributed by atoms with Crippen LogP contribution in [0.3, 0.4) is 0 Å². The van der Waals surface area contributed by atoms with Crippen LogP contribution in [0.25, 0.3) is 22.6 Å². The van der Waals surface area contributed by atoms with Crippen molar-refractivity contribution in [1.82, 2.24) is 9.97 Å². The summed E-state index contributed by atoms with van der Waals surface area (Å²) in [6, 6.07) is 5.87. The third-order valence-corrected chi connectivity index (χ3v) is 4.87. The lowest BCUT2D eigenvalue weighted by Gasteiger charge is -2.36. The number of carbonyl (C=O) groups is 2. The number of halogens is 2. The number of pyridine rings is 1. The fourth-order valence-electron chi connectivity index (χ4n) is 3.24. The summed E-state index contributed by atoms with van der Waals surface area (Å²) >= 11 is 3.32. The zero-order valence-electron chi connectivity index (χ0n) is 18.3. The zero-order chi connectivity index (χ0) is 23.8. The molecule has 1 aromatic carbocycles. The molecule has 1 N–H and O–H groups in total. The van der Waals surface area contributed by atoms with Crippen molar-refractivity contribution < 1.29 is 28.2 Å². The number of benzene rings is 1. The van der Waals surface area contributed by atoms with Gasteiger partial charge < -0.3 is 14.3 Å². The van der Waals surface area contributed by atoms with Gasteiger partial charge in [0, 0.05) is 10.7 Å². The van der Waals surface area contributed by atoms with E-state index in [1.54, 1.807) is 46.8 Å². The molecule has 0 aliphatic heterocycles. The van der Waals surface area contributed by atoms with Crippen LogP contribution in [0, 0.1) is 5.82 Å². The van der Waals surface area contributed by atoms with Gasteiger partial charge >= 0.3 is 12.1 Å². The molecule has 0 spiro atoms. The summed E-state index contributed by atoms with van der Waals surface area (Å²) in [5, 5.41) is 10.0. The van der Waals surface area contributed by atoms with Crippen molar-refractivity contribution in [2.24, 2.45) is 0 Å². The van der Waals surface area contributed by atoms with Gasteiger partial charge in [-0.1, -0.05) is 6.07 Å². The van der Waals surface area contributed by atoms with Gasteiger partial charge in [0.2, 0.25) is 5.89 Å². The van der Waals surface area contributed by atoms with Crippen molar-refractivity contribution >= 4 is 44.9 Å². The van der Waals surface area contributed by atoms with Gasteiger partial charge in [-0.25, -0.2) is 19.2 Å². The van der Waals surface area contributed by atoms with Crippen LogP contribution < -0.4 is 4.90 Å². The van der Waals surface area contributed by atoms with E-state index < -0.39 is 29.0 Å². The number of carbonyl (C=O) groups excluding carboxylic acids is 1. The van der Waals surface area contributed by atoms with E-state index in [-0.39, 0.29) is 34.8 Å². The second-order valence-corrected chi connectivity index (χ2v) is 9.74.